The van der Waals surface area contributed by atoms with E-state index in [1.165, 1.54) is 5.56 Å². The lowest BCUT2D eigenvalue weighted by Crippen LogP contribution is -2.14. The maximum Gasteiger partial charge on any atom is 0.259 e. The van der Waals surface area contributed by atoms with Gasteiger partial charge in [-0.2, -0.15) is 10.2 Å². The van der Waals surface area contributed by atoms with Crippen molar-refractivity contribution in [3.8, 4) is 5.69 Å². The summed E-state index contributed by atoms with van der Waals surface area (Å²) < 4.78 is 3.68. The molecule has 2 aromatic heterocycles. The Morgan fingerprint density at radius 2 is 1.90 bits per heavy atom. The predicted octanol–water partition coefficient (Wildman–Crippen LogP) is 4.24. The number of nitrogens with one attached hydrogen (secondary N) is 1. The molecular weight excluding hydrogens is 362 g/mol. The van der Waals surface area contributed by atoms with Gasteiger partial charge in [0.25, 0.3) is 5.91 Å². The Labute approximate surface area is 169 Å². The van der Waals surface area contributed by atoms with E-state index in [4.69, 9.17) is 0 Å². The molecule has 6 nitrogen and oxygen atoms in total. The summed E-state index contributed by atoms with van der Waals surface area (Å²) in [6, 6.07) is 17.8. The third kappa shape index (κ3) is 4.11. The Kier molecular flexibility index (Phi) is 5.24. The zero-order valence-corrected chi connectivity index (χ0v) is 16.5. The van der Waals surface area contributed by atoms with Crippen LogP contribution < -0.4 is 5.32 Å². The summed E-state index contributed by atoms with van der Waals surface area (Å²) in [4.78, 5) is 12.9. The highest BCUT2D eigenvalue weighted by Gasteiger charge is 2.17. The molecule has 4 aromatic rings. The van der Waals surface area contributed by atoms with Gasteiger partial charge in [0.2, 0.25) is 0 Å². The summed E-state index contributed by atoms with van der Waals surface area (Å²) in [5, 5.41) is 11.7. The zero-order valence-electron chi connectivity index (χ0n) is 16.5. The molecule has 29 heavy (non-hydrogen) atoms. The van der Waals surface area contributed by atoms with E-state index in [0.29, 0.717) is 18.5 Å². The molecule has 0 aliphatic carbocycles. The van der Waals surface area contributed by atoms with Crippen LogP contribution in [0.5, 0.6) is 0 Å². The Bertz CT molecular complexity index is 1110. The Hall–Kier alpha value is -3.67. The van der Waals surface area contributed by atoms with Gasteiger partial charge >= 0.3 is 0 Å². The van der Waals surface area contributed by atoms with Crippen molar-refractivity contribution >= 4 is 11.6 Å². The molecule has 0 unspecified atom stereocenters. The summed E-state index contributed by atoms with van der Waals surface area (Å²) in [5.41, 5.74) is 5.44. The van der Waals surface area contributed by atoms with Gasteiger partial charge in [0.15, 0.2) is 0 Å². The smallest absolute Gasteiger partial charge is 0.259 e. The number of hydrogen-bond donors (Lipinski definition) is 1. The Balaban J connectivity index is 1.55. The summed E-state index contributed by atoms with van der Waals surface area (Å²) >= 11 is 0. The van der Waals surface area contributed by atoms with E-state index in [-0.39, 0.29) is 5.91 Å². The lowest BCUT2D eigenvalue weighted by Gasteiger charge is -2.10. The number of carbonyl (C=O) groups excluding carboxylic acids is 1. The number of anilines is 1. The number of amides is 1. The minimum absolute atomic E-state index is 0.156. The molecule has 0 aliphatic rings. The molecule has 2 heterocycles. The fourth-order valence-corrected chi connectivity index (χ4v) is 3.34. The van der Waals surface area contributed by atoms with E-state index in [9.17, 15) is 4.79 Å². The first-order valence-electron chi connectivity index (χ1n) is 9.65. The van der Waals surface area contributed by atoms with Crippen molar-refractivity contribution < 1.29 is 4.79 Å². The first kappa shape index (κ1) is 18.7. The molecule has 6 heteroatoms. The van der Waals surface area contributed by atoms with Crippen LogP contribution in [0, 0.1) is 6.92 Å². The first-order valence-corrected chi connectivity index (χ1v) is 9.65. The van der Waals surface area contributed by atoms with Crippen molar-refractivity contribution in [2.45, 2.75) is 26.8 Å². The zero-order chi connectivity index (χ0) is 20.2. The van der Waals surface area contributed by atoms with Gasteiger partial charge in [-0.15, -0.1) is 0 Å². The fraction of sp³-hybridized carbons (Fsp3) is 0.174. The maximum atomic E-state index is 12.9. The van der Waals surface area contributed by atoms with Crippen LogP contribution in [0.15, 0.2) is 73.2 Å². The molecule has 0 bridgehead atoms. The molecule has 0 fully saturated rings. The van der Waals surface area contributed by atoms with Crippen molar-refractivity contribution in [1.29, 1.82) is 0 Å². The molecule has 2 aromatic carbocycles. The van der Waals surface area contributed by atoms with E-state index < -0.39 is 0 Å². The third-order valence-corrected chi connectivity index (χ3v) is 4.82. The number of carbonyl (C=O) groups is 1. The van der Waals surface area contributed by atoms with Gasteiger partial charge in [-0.1, -0.05) is 36.8 Å². The van der Waals surface area contributed by atoms with Gasteiger partial charge in [-0.25, -0.2) is 4.68 Å². The predicted molar refractivity (Wildman–Crippen MR) is 113 cm³/mol. The number of aromatic nitrogens is 4. The van der Waals surface area contributed by atoms with Gasteiger partial charge in [-0.3, -0.25) is 9.48 Å². The van der Waals surface area contributed by atoms with Crippen LogP contribution in [0.1, 0.15) is 34.1 Å². The van der Waals surface area contributed by atoms with Crippen LogP contribution in [0.2, 0.25) is 0 Å². The van der Waals surface area contributed by atoms with E-state index in [1.54, 1.807) is 12.4 Å². The van der Waals surface area contributed by atoms with E-state index >= 15 is 0 Å². The summed E-state index contributed by atoms with van der Waals surface area (Å²) in [6.07, 6.45) is 6.01. The van der Waals surface area contributed by atoms with Crippen LogP contribution in [0.25, 0.3) is 5.69 Å². The molecule has 1 amide bonds. The molecule has 0 radical (unpaired) electrons. The Morgan fingerprint density at radius 3 is 2.62 bits per heavy atom. The fourth-order valence-electron chi connectivity index (χ4n) is 3.34. The highest BCUT2D eigenvalue weighted by Crippen LogP contribution is 2.19. The number of aryl methyl sites for hydroxylation is 1. The number of hydrogen-bond acceptors (Lipinski definition) is 3. The number of nitrogens with zero attached hydrogens (tertiary/aromatic N) is 4. The van der Waals surface area contributed by atoms with Gasteiger partial charge in [0, 0.05) is 18.1 Å². The van der Waals surface area contributed by atoms with E-state index in [1.807, 2.05) is 84.0 Å². The molecule has 0 saturated heterocycles. The highest BCUT2D eigenvalue weighted by atomic mass is 16.1. The quantitative estimate of drug-likeness (QED) is 0.540. The van der Waals surface area contributed by atoms with Gasteiger partial charge in [0.1, 0.15) is 0 Å². The topological polar surface area (TPSA) is 64.7 Å². The van der Waals surface area contributed by atoms with Crippen LogP contribution in [-0.4, -0.2) is 25.5 Å². The molecule has 146 valence electrons. The van der Waals surface area contributed by atoms with Gasteiger partial charge in [0.05, 0.1) is 29.7 Å². The molecule has 4 rings (SSSR count). The normalized spacial score (nSPS) is 10.8. The van der Waals surface area contributed by atoms with Crippen molar-refractivity contribution in [1.82, 2.24) is 19.6 Å². The second-order valence-electron chi connectivity index (χ2n) is 6.96. The number of rotatable bonds is 6. The van der Waals surface area contributed by atoms with Crippen molar-refractivity contribution in [2.24, 2.45) is 0 Å². The molecule has 0 saturated carbocycles. The maximum absolute atomic E-state index is 12.9. The molecule has 0 aliphatic heterocycles. The summed E-state index contributed by atoms with van der Waals surface area (Å²) in [7, 11) is 0. The van der Waals surface area contributed by atoms with E-state index in [2.05, 4.69) is 15.5 Å². The monoisotopic (exact) mass is 385 g/mol. The van der Waals surface area contributed by atoms with Crippen molar-refractivity contribution in [3.63, 3.8) is 0 Å². The van der Waals surface area contributed by atoms with Crippen LogP contribution in [0.4, 0.5) is 5.69 Å². The second-order valence-corrected chi connectivity index (χ2v) is 6.96. The minimum Gasteiger partial charge on any atom is -0.322 e. The van der Waals surface area contributed by atoms with Crippen LogP contribution in [0.3, 0.4) is 0 Å². The lowest BCUT2D eigenvalue weighted by molar-refractivity contribution is 0.102. The standard InChI is InChI=1S/C23H23N5O/c1-3-22-21(15-25-28(22)20-10-8-17(2)9-11-20)23(29)26-19-7-4-6-18(14-19)16-27-13-5-12-24-27/h4-15H,3,16H2,1-2H3,(H,26,29). The molecular formula is C23H23N5O. The van der Waals surface area contributed by atoms with E-state index in [0.717, 1.165) is 22.6 Å². The molecule has 0 spiro atoms. The summed E-state index contributed by atoms with van der Waals surface area (Å²) in [5.74, 6) is -0.156. The number of benzene rings is 2. The average Bonchev–Trinajstić information content (AvgIpc) is 3.38. The van der Waals surface area contributed by atoms with Gasteiger partial charge in [-0.05, 0) is 49.2 Å². The van der Waals surface area contributed by atoms with Crippen molar-refractivity contribution in [3.05, 3.63) is 95.6 Å². The van der Waals surface area contributed by atoms with Crippen LogP contribution in [-0.2, 0) is 13.0 Å². The second kappa shape index (κ2) is 8.14. The lowest BCUT2D eigenvalue weighted by atomic mass is 10.1. The third-order valence-electron chi connectivity index (χ3n) is 4.82. The largest absolute Gasteiger partial charge is 0.322 e. The average molecular weight is 385 g/mol. The Morgan fingerprint density at radius 1 is 1.07 bits per heavy atom. The van der Waals surface area contributed by atoms with Crippen LogP contribution >= 0.6 is 0 Å². The molecule has 0 atom stereocenters. The minimum atomic E-state index is -0.156. The van der Waals surface area contributed by atoms with Crippen molar-refractivity contribution in [2.75, 3.05) is 5.32 Å². The van der Waals surface area contributed by atoms with Gasteiger partial charge < -0.3 is 5.32 Å². The first-order chi connectivity index (χ1) is 14.1. The SMILES string of the molecule is CCc1c(C(=O)Nc2cccc(Cn3cccn3)c2)cnn1-c1ccc(C)cc1. The molecule has 1 N–H and O–H groups in total. The highest BCUT2D eigenvalue weighted by molar-refractivity contribution is 6.05. The summed E-state index contributed by atoms with van der Waals surface area (Å²) in [6.45, 7) is 4.73.